The lowest BCUT2D eigenvalue weighted by Crippen LogP contribution is -2.32. The highest BCUT2D eigenvalue weighted by molar-refractivity contribution is 7.17. The van der Waals surface area contributed by atoms with E-state index in [4.69, 9.17) is 0 Å². The Morgan fingerprint density at radius 1 is 1.11 bits per heavy atom. The number of thiazole rings is 1. The molecule has 0 unspecified atom stereocenters. The Morgan fingerprint density at radius 2 is 1.82 bits per heavy atom. The average Bonchev–Trinajstić information content (AvgIpc) is 3.28. The van der Waals surface area contributed by atoms with Crippen molar-refractivity contribution in [2.24, 2.45) is 0 Å². The third-order valence-corrected chi connectivity index (χ3v) is 5.41. The van der Waals surface area contributed by atoms with E-state index in [0.29, 0.717) is 5.13 Å². The third kappa shape index (κ3) is 4.96. The van der Waals surface area contributed by atoms with E-state index in [-0.39, 0.29) is 12.1 Å². The Hall–Kier alpha value is -2.72. The molecule has 0 aliphatic heterocycles. The smallest absolute Gasteiger partial charge is 0.343 e. The highest BCUT2D eigenvalue weighted by Gasteiger charge is 2.30. The first-order chi connectivity index (χ1) is 13.2. The lowest BCUT2D eigenvalue weighted by atomic mass is 10.1. The highest BCUT2D eigenvalue weighted by atomic mass is 32.1. The van der Waals surface area contributed by atoms with Crippen LogP contribution in [0.4, 0.5) is 18.3 Å². The van der Waals surface area contributed by atoms with Gasteiger partial charge in [-0.1, -0.05) is 0 Å². The quantitative estimate of drug-likeness (QED) is 0.629. The first kappa shape index (κ1) is 20.0. The second-order valence-corrected chi connectivity index (χ2v) is 7.90. The standard InChI is InChI=1S/C18H14F3N3O2S2/c1-10-2-7-14(28-10)13-9-27-17(23-13)24-15(25)8-22-16(26)11-3-5-12(6-4-11)18(19,20)21/h2-7,9H,8H2,1H3,(H,22,26)(H,23,24,25). The maximum absolute atomic E-state index is 12.5. The van der Waals surface area contributed by atoms with E-state index in [2.05, 4.69) is 15.6 Å². The number of thiophene rings is 1. The molecule has 2 amide bonds. The van der Waals surface area contributed by atoms with Crippen LogP contribution in [0.5, 0.6) is 0 Å². The molecule has 0 radical (unpaired) electrons. The van der Waals surface area contributed by atoms with Gasteiger partial charge in [0.25, 0.3) is 5.91 Å². The normalized spacial score (nSPS) is 11.3. The van der Waals surface area contributed by atoms with Crippen molar-refractivity contribution in [1.82, 2.24) is 10.3 Å². The SMILES string of the molecule is Cc1ccc(-c2csc(NC(=O)CNC(=O)c3ccc(C(F)(F)F)cc3)n2)s1. The molecule has 0 fully saturated rings. The summed E-state index contributed by atoms with van der Waals surface area (Å²) in [7, 11) is 0. The van der Waals surface area contributed by atoms with Gasteiger partial charge in [-0.25, -0.2) is 4.98 Å². The number of alkyl halides is 3. The van der Waals surface area contributed by atoms with Crippen LogP contribution in [0, 0.1) is 6.92 Å². The van der Waals surface area contributed by atoms with Gasteiger partial charge in [0.05, 0.1) is 22.7 Å². The van der Waals surface area contributed by atoms with Gasteiger partial charge in [-0.3, -0.25) is 9.59 Å². The Kier molecular flexibility index (Phi) is 5.80. The van der Waals surface area contributed by atoms with E-state index in [1.165, 1.54) is 11.3 Å². The van der Waals surface area contributed by atoms with E-state index in [9.17, 15) is 22.8 Å². The van der Waals surface area contributed by atoms with Crippen LogP contribution >= 0.6 is 22.7 Å². The van der Waals surface area contributed by atoms with Crippen molar-refractivity contribution in [2.45, 2.75) is 13.1 Å². The summed E-state index contributed by atoms with van der Waals surface area (Å²) in [6, 6.07) is 7.69. The monoisotopic (exact) mass is 425 g/mol. The molecule has 28 heavy (non-hydrogen) atoms. The molecule has 3 aromatic rings. The number of anilines is 1. The zero-order valence-corrected chi connectivity index (χ0v) is 16.1. The molecule has 10 heteroatoms. The van der Waals surface area contributed by atoms with Crippen molar-refractivity contribution < 1.29 is 22.8 Å². The lowest BCUT2D eigenvalue weighted by molar-refractivity contribution is -0.137. The summed E-state index contributed by atoms with van der Waals surface area (Å²) in [6.07, 6.45) is -4.47. The summed E-state index contributed by atoms with van der Waals surface area (Å²) in [6.45, 7) is 1.66. The Labute approximate surface area is 166 Å². The fourth-order valence-corrected chi connectivity index (χ4v) is 3.88. The maximum atomic E-state index is 12.5. The number of carbonyl (C=O) groups is 2. The van der Waals surface area contributed by atoms with E-state index in [1.54, 1.807) is 11.3 Å². The third-order valence-electron chi connectivity index (χ3n) is 3.63. The Morgan fingerprint density at radius 3 is 2.43 bits per heavy atom. The Balaban J connectivity index is 1.53. The molecule has 0 aliphatic rings. The molecular formula is C18H14F3N3O2S2. The zero-order valence-electron chi connectivity index (χ0n) is 14.5. The minimum absolute atomic E-state index is 0.0328. The number of aromatic nitrogens is 1. The second-order valence-electron chi connectivity index (χ2n) is 5.75. The summed E-state index contributed by atoms with van der Waals surface area (Å²) in [5.41, 5.74) is -0.0557. The van der Waals surface area contributed by atoms with Gasteiger partial charge in [0.1, 0.15) is 0 Å². The first-order valence-electron chi connectivity index (χ1n) is 8.00. The molecular weight excluding hydrogens is 411 g/mol. The van der Waals surface area contributed by atoms with Gasteiger partial charge in [-0.05, 0) is 43.3 Å². The zero-order chi connectivity index (χ0) is 20.3. The van der Waals surface area contributed by atoms with Crippen molar-refractivity contribution >= 4 is 39.6 Å². The maximum Gasteiger partial charge on any atom is 0.416 e. The lowest BCUT2D eigenvalue weighted by Gasteiger charge is -2.08. The molecule has 0 saturated carbocycles. The summed E-state index contributed by atoms with van der Waals surface area (Å²) >= 11 is 2.85. The van der Waals surface area contributed by atoms with Gasteiger partial charge in [0, 0.05) is 15.8 Å². The van der Waals surface area contributed by atoms with Crippen molar-refractivity contribution in [3.05, 3.63) is 57.8 Å². The average molecular weight is 425 g/mol. The van der Waals surface area contributed by atoms with Crippen LogP contribution in [0.25, 0.3) is 10.6 Å². The summed E-state index contributed by atoms with van der Waals surface area (Å²) in [5, 5.41) is 7.17. The number of amides is 2. The van der Waals surface area contributed by atoms with E-state index in [0.717, 1.165) is 39.7 Å². The van der Waals surface area contributed by atoms with Crippen LogP contribution in [-0.4, -0.2) is 23.3 Å². The fraction of sp³-hybridized carbons (Fsp3) is 0.167. The molecule has 2 aromatic heterocycles. The molecule has 0 aliphatic carbocycles. The van der Waals surface area contributed by atoms with Crippen molar-refractivity contribution in [3.63, 3.8) is 0 Å². The van der Waals surface area contributed by atoms with Gasteiger partial charge < -0.3 is 10.6 Å². The topological polar surface area (TPSA) is 71.1 Å². The summed E-state index contributed by atoms with van der Waals surface area (Å²) < 4.78 is 37.6. The van der Waals surface area contributed by atoms with Crippen LogP contribution in [0.15, 0.2) is 41.8 Å². The fourth-order valence-electron chi connectivity index (χ4n) is 2.25. The van der Waals surface area contributed by atoms with Crippen molar-refractivity contribution in [3.8, 4) is 10.6 Å². The van der Waals surface area contributed by atoms with E-state index in [1.807, 2.05) is 24.4 Å². The number of carbonyl (C=O) groups excluding carboxylic acids is 2. The number of halogens is 3. The molecule has 2 N–H and O–H groups in total. The van der Waals surface area contributed by atoms with Gasteiger partial charge in [-0.2, -0.15) is 13.2 Å². The number of rotatable bonds is 5. The predicted molar refractivity (Wildman–Crippen MR) is 103 cm³/mol. The van der Waals surface area contributed by atoms with Gasteiger partial charge >= 0.3 is 6.18 Å². The van der Waals surface area contributed by atoms with Crippen molar-refractivity contribution in [1.29, 1.82) is 0 Å². The molecule has 146 valence electrons. The molecule has 2 heterocycles. The molecule has 0 atom stereocenters. The Bertz CT molecular complexity index is 994. The first-order valence-corrected chi connectivity index (χ1v) is 9.69. The number of aryl methyl sites for hydroxylation is 1. The molecule has 1 aromatic carbocycles. The number of hydrogen-bond acceptors (Lipinski definition) is 5. The largest absolute Gasteiger partial charge is 0.416 e. The van der Waals surface area contributed by atoms with E-state index < -0.39 is 23.6 Å². The number of benzene rings is 1. The van der Waals surface area contributed by atoms with Crippen LogP contribution in [0.1, 0.15) is 20.8 Å². The summed E-state index contributed by atoms with van der Waals surface area (Å²) in [5.74, 6) is -1.12. The van der Waals surface area contributed by atoms with Gasteiger partial charge in [0.2, 0.25) is 5.91 Å². The van der Waals surface area contributed by atoms with E-state index >= 15 is 0 Å². The van der Waals surface area contributed by atoms with Crippen LogP contribution in [0.3, 0.4) is 0 Å². The van der Waals surface area contributed by atoms with Crippen LogP contribution < -0.4 is 10.6 Å². The minimum atomic E-state index is -4.47. The minimum Gasteiger partial charge on any atom is -0.343 e. The molecule has 0 saturated heterocycles. The van der Waals surface area contributed by atoms with Crippen LogP contribution in [-0.2, 0) is 11.0 Å². The molecule has 5 nitrogen and oxygen atoms in total. The highest BCUT2D eigenvalue weighted by Crippen LogP contribution is 2.30. The number of nitrogens with one attached hydrogen (secondary N) is 2. The molecule has 0 spiro atoms. The molecule has 0 bridgehead atoms. The number of nitrogens with zero attached hydrogens (tertiary/aromatic N) is 1. The predicted octanol–water partition coefficient (Wildman–Crippen LogP) is 4.57. The van der Waals surface area contributed by atoms with Crippen molar-refractivity contribution in [2.75, 3.05) is 11.9 Å². The summed E-state index contributed by atoms with van der Waals surface area (Å²) in [4.78, 5) is 30.4. The second kappa shape index (κ2) is 8.11. The molecule has 3 rings (SSSR count). The number of hydrogen-bond donors (Lipinski definition) is 2. The van der Waals surface area contributed by atoms with Gasteiger partial charge in [0.15, 0.2) is 5.13 Å². The van der Waals surface area contributed by atoms with Gasteiger partial charge in [-0.15, -0.1) is 22.7 Å². The van der Waals surface area contributed by atoms with Crippen LogP contribution in [0.2, 0.25) is 0 Å².